The fourth-order valence-electron chi connectivity index (χ4n) is 1.65. The fraction of sp³-hybridized carbons (Fsp3) is 0.143. The molecule has 0 amide bonds. The third kappa shape index (κ3) is 2.74. The number of methoxy groups -OCH3 is 1. The molecule has 2 aromatic carbocycles. The summed E-state index contributed by atoms with van der Waals surface area (Å²) in [6, 6.07) is 9.83. The van der Waals surface area contributed by atoms with Gasteiger partial charge in [0.2, 0.25) is 0 Å². The van der Waals surface area contributed by atoms with Crippen LogP contribution in [0.5, 0.6) is 5.75 Å². The lowest BCUT2D eigenvalue weighted by Gasteiger charge is -2.13. The Bertz CT molecular complexity index is 572. The number of hydrogen-bond donors (Lipinski definition) is 1. The lowest BCUT2D eigenvalue weighted by atomic mass is 10.2. The zero-order valence-corrected chi connectivity index (χ0v) is 10.9. The number of benzene rings is 2. The average molecular weight is 266 g/mol. The molecule has 0 saturated heterocycles. The largest absolute Gasteiger partial charge is 0.495 e. The van der Waals surface area contributed by atoms with Crippen LogP contribution >= 0.6 is 11.6 Å². The van der Waals surface area contributed by atoms with E-state index in [1.165, 1.54) is 12.1 Å². The highest BCUT2D eigenvalue weighted by atomic mass is 35.5. The molecule has 0 aromatic heterocycles. The van der Waals surface area contributed by atoms with E-state index in [1.54, 1.807) is 19.2 Å². The van der Waals surface area contributed by atoms with Crippen molar-refractivity contribution in [2.24, 2.45) is 0 Å². The first-order chi connectivity index (χ1) is 8.60. The van der Waals surface area contributed by atoms with Gasteiger partial charge in [0.25, 0.3) is 0 Å². The molecule has 0 aliphatic carbocycles. The van der Waals surface area contributed by atoms with Crippen LogP contribution in [0, 0.1) is 12.7 Å². The molecule has 0 saturated carbocycles. The SMILES string of the molecule is COc1ccc(F)cc1Nc1cc(Cl)ccc1C. The van der Waals surface area contributed by atoms with E-state index in [1.807, 2.05) is 19.1 Å². The van der Waals surface area contributed by atoms with E-state index in [0.29, 0.717) is 16.5 Å². The molecule has 0 unspecified atom stereocenters. The molecule has 0 aliphatic heterocycles. The Hall–Kier alpha value is -1.74. The van der Waals surface area contributed by atoms with Crippen molar-refractivity contribution in [3.63, 3.8) is 0 Å². The molecule has 18 heavy (non-hydrogen) atoms. The van der Waals surface area contributed by atoms with E-state index in [0.717, 1.165) is 11.3 Å². The normalized spacial score (nSPS) is 10.2. The van der Waals surface area contributed by atoms with Crippen molar-refractivity contribution in [3.8, 4) is 5.75 Å². The first-order valence-electron chi connectivity index (χ1n) is 5.47. The third-order valence-electron chi connectivity index (χ3n) is 2.63. The molecule has 2 nitrogen and oxygen atoms in total. The second-order valence-corrected chi connectivity index (χ2v) is 4.37. The van der Waals surface area contributed by atoms with E-state index in [9.17, 15) is 4.39 Å². The molecule has 0 heterocycles. The minimum Gasteiger partial charge on any atom is -0.495 e. The standard InChI is InChI=1S/C14H13ClFNO/c1-9-3-4-10(15)7-12(9)17-13-8-11(16)5-6-14(13)18-2/h3-8,17H,1-2H3. The predicted octanol–water partition coefficient (Wildman–Crippen LogP) is 4.54. The molecule has 0 radical (unpaired) electrons. The van der Waals surface area contributed by atoms with Crippen LogP contribution < -0.4 is 10.1 Å². The molecule has 0 fully saturated rings. The highest BCUT2D eigenvalue weighted by molar-refractivity contribution is 6.30. The molecule has 0 aliphatic rings. The Morgan fingerprint density at radius 3 is 2.61 bits per heavy atom. The topological polar surface area (TPSA) is 21.3 Å². The van der Waals surface area contributed by atoms with Crippen LogP contribution in [0.15, 0.2) is 36.4 Å². The summed E-state index contributed by atoms with van der Waals surface area (Å²) in [5, 5.41) is 3.75. The van der Waals surface area contributed by atoms with Crippen molar-refractivity contribution in [1.82, 2.24) is 0 Å². The van der Waals surface area contributed by atoms with E-state index in [2.05, 4.69) is 5.32 Å². The van der Waals surface area contributed by atoms with Crippen molar-refractivity contribution < 1.29 is 9.13 Å². The lowest BCUT2D eigenvalue weighted by Crippen LogP contribution is -1.97. The summed E-state index contributed by atoms with van der Waals surface area (Å²) in [6.45, 7) is 1.95. The molecule has 4 heteroatoms. The van der Waals surface area contributed by atoms with Crippen LogP contribution in [0.25, 0.3) is 0 Å². The lowest BCUT2D eigenvalue weighted by molar-refractivity contribution is 0.416. The molecule has 0 spiro atoms. The fourth-order valence-corrected chi connectivity index (χ4v) is 1.82. The number of rotatable bonds is 3. The van der Waals surface area contributed by atoms with Gasteiger partial charge in [0.05, 0.1) is 12.8 Å². The maximum Gasteiger partial charge on any atom is 0.142 e. The third-order valence-corrected chi connectivity index (χ3v) is 2.87. The maximum atomic E-state index is 13.2. The number of ether oxygens (including phenoxy) is 1. The minimum absolute atomic E-state index is 0.321. The minimum atomic E-state index is -0.321. The number of anilines is 2. The summed E-state index contributed by atoms with van der Waals surface area (Å²) in [5.41, 5.74) is 2.42. The van der Waals surface area contributed by atoms with Crippen LogP contribution in [-0.2, 0) is 0 Å². The second kappa shape index (κ2) is 5.27. The van der Waals surface area contributed by atoms with E-state index in [4.69, 9.17) is 16.3 Å². The molecular weight excluding hydrogens is 253 g/mol. The first kappa shape index (κ1) is 12.7. The number of nitrogens with one attached hydrogen (secondary N) is 1. The van der Waals surface area contributed by atoms with Gasteiger partial charge in [0.15, 0.2) is 0 Å². The van der Waals surface area contributed by atoms with E-state index < -0.39 is 0 Å². The van der Waals surface area contributed by atoms with E-state index in [-0.39, 0.29) is 5.82 Å². The zero-order chi connectivity index (χ0) is 13.1. The molecule has 2 rings (SSSR count). The van der Waals surface area contributed by atoms with Crippen LogP contribution in [0.2, 0.25) is 5.02 Å². The quantitative estimate of drug-likeness (QED) is 0.880. The smallest absolute Gasteiger partial charge is 0.142 e. The van der Waals surface area contributed by atoms with Crippen molar-refractivity contribution >= 4 is 23.0 Å². The van der Waals surface area contributed by atoms with Crippen molar-refractivity contribution in [3.05, 3.63) is 52.8 Å². The summed E-state index contributed by atoms with van der Waals surface area (Å²) < 4.78 is 18.4. The maximum absolute atomic E-state index is 13.2. The number of halogens is 2. The Kier molecular flexibility index (Phi) is 3.72. The van der Waals surface area contributed by atoms with E-state index >= 15 is 0 Å². The Balaban J connectivity index is 2.38. The van der Waals surface area contributed by atoms with Crippen LogP contribution in [-0.4, -0.2) is 7.11 Å². The number of hydrogen-bond acceptors (Lipinski definition) is 2. The first-order valence-corrected chi connectivity index (χ1v) is 5.84. The second-order valence-electron chi connectivity index (χ2n) is 3.93. The van der Waals surface area contributed by atoms with Crippen molar-refractivity contribution in [2.75, 3.05) is 12.4 Å². The van der Waals surface area contributed by atoms with Gasteiger partial charge in [-0.25, -0.2) is 4.39 Å². The summed E-state index contributed by atoms with van der Waals surface area (Å²) in [4.78, 5) is 0. The molecule has 94 valence electrons. The molecule has 2 aromatic rings. The summed E-state index contributed by atoms with van der Waals surface area (Å²) >= 11 is 5.94. The molecule has 1 N–H and O–H groups in total. The van der Waals surface area contributed by atoms with Gasteiger partial charge in [-0.1, -0.05) is 17.7 Å². The van der Waals surface area contributed by atoms with Gasteiger partial charge in [-0.15, -0.1) is 0 Å². The molecular formula is C14H13ClFNO. The summed E-state index contributed by atoms with van der Waals surface area (Å²) in [7, 11) is 1.54. The highest BCUT2D eigenvalue weighted by Crippen LogP contribution is 2.30. The van der Waals surface area contributed by atoms with Gasteiger partial charge in [-0.05, 0) is 36.8 Å². The van der Waals surface area contributed by atoms with Crippen LogP contribution in [0.3, 0.4) is 0 Å². The Morgan fingerprint density at radius 1 is 1.11 bits per heavy atom. The highest BCUT2D eigenvalue weighted by Gasteiger charge is 2.07. The summed E-state index contributed by atoms with van der Waals surface area (Å²) in [6.07, 6.45) is 0. The Morgan fingerprint density at radius 2 is 1.89 bits per heavy atom. The predicted molar refractivity (Wildman–Crippen MR) is 72.4 cm³/mol. The van der Waals surface area contributed by atoms with Gasteiger partial charge >= 0.3 is 0 Å². The van der Waals surface area contributed by atoms with Gasteiger partial charge in [-0.2, -0.15) is 0 Å². The van der Waals surface area contributed by atoms with Crippen LogP contribution in [0.4, 0.5) is 15.8 Å². The molecule has 0 atom stereocenters. The summed E-state index contributed by atoms with van der Waals surface area (Å²) in [5.74, 6) is 0.258. The van der Waals surface area contributed by atoms with Gasteiger partial charge < -0.3 is 10.1 Å². The number of aryl methyl sites for hydroxylation is 1. The molecule has 0 bridgehead atoms. The van der Waals surface area contributed by atoms with Gasteiger partial charge in [-0.3, -0.25) is 0 Å². The van der Waals surface area contributed by atoms with Crippen molar-refractivity contribution in [2.45, 2.75) is 6.92 Å². The average Bonchev–Trinajstić information content (AvgIpc) is 2.34. The van der Waals surface area contributed by atoms with Crippen LogP contribution in [0.1, 0.15) is 5.56 Å². The zero-order valence-electron chi connectivity index (χ0n) is 10.1. The Labute approximate surface area is 110 Å². The van der Waals surface area contributed by atoms with Gasteiger partial charge in [0, 0.05) is 16.8 Å². The van der Waals surface area contributed by atoms with Crippen molar-refractivity contribution in [1.29, 1.82) is 0 Å². The van der Waals surface area contributed by atoms with Gasteiger partial charge in [0.1, 0.15) is 11.6 Å². The monoisotopic (exact) mass is 265 g/mol.